The summed E-state index contributed by atoms with van der Waals surface area (Å²) in [5.41, 5.74) is 2.21. The van der Waals surface area contributed by atoms with Gasteiger partial charge in [0.25, 0.3) is 5.91 Å². The average molecular weight is 352 g/mol. The van der Waals surface area contributed by atoms with Crippen LogP contribution in [0.4, 0.5) is 11.4 Å². The fourth-order valence-electron chi connectivity index (χ4n) is 2.91. The Morgan fingerprint density at radius 1 is 1.04 bits per heavy atom. The second-order valence-electron chi connectivity index (χ2n) is 6.08. The second kappa shape index (κ2) is 7.82. The van der Waals surface area contributed by atoms with Gasteiger partial charge in [0.2, 0.25) is 5.91 Å². The summed E-state index contributed by atoms with van der Waals surface area (Å²) in [6.45, 7) is 0.700. The molecule has 0 aromatic heterocycles. The molecular formula is C20H20N2O4. The van der Waals surface area contributed by atoms with Gasteiger partial charge in [0.15, 0.2) is 0 Å². The first-order valence-electron chi connectivity index (χ1n) is 8.48. The van der Waals surface area contributed by atoms with Gasteiger partial charge < -0.3 is 15.0 Å². The maximum atomic E-state index is 12.4. The lowest BCUT2D eigenvalue weighted by molar-refractivity contribution is -0.119. The van der Waals surface area contributed by atoms with Crippen LogP contribution in [-0.4, -0.2) is 31.4 Å². The fourth-order valence-corrected chi connectivity index (χ4v) is 2.91. The molecule has 1 aliphatic rings. The highest BCUT2D eigenvalue weighted by Gasteiger charge is 2.20. The fraction of sp³-hybridized carbons (Fsp3) is 0.250. The van der Waals surface area contributed by atoms with E-state index in [0.717, 1.165) is 18.5 Å². The molecule has 0 atom stereocenters. The third kappa shape index (κ3) is 3.91. The number of nitrogens with zero attached hydrogens (tertiary/aromatic N) is 1. The number of carbonyl (C=O) groups excluding carboxylic acids is 3. The Balaban J connectivity index is 1.72. The van der Waals surface area contributed by atoms with E-state index in [0.29, 0.717) is 29.8 Å². The van der Waals surface area contributed by atoms with Gasteiger partial charge in [-0.1, -0.05) is 6.07 Å². The topological polar surface area (TPSA) is 75.7 Å². The number of benzene rings is 2. The van der Waals surface area contributed by atoms with Gasteiger partial charge in [-0.15, -0.1) is 0 Å². The zero-order valence-corrected chi connectivity index (χ0v) is 14.5. The first-order valence-corrected chi connectivity index (χ1v) is 8.48. The normalized spacial score (nSPS) is 14.0. The van der Waals surface area contributed by atoms with Crippen molar-refractivity contribution in [2.75, 3.05) is 23.9 Å². The predicted molar refractivity (Wildman–Crippen MR) is 98.4 cm³/mol. The molecule has 0 saturated carbocycles. The van der Waals surface area contributed by atoms with E-state index in [1.165, 1.54) is 7.11 Å². The summed E-state index contributed by atoms with van der Waals surface area (Å²) in [7, 11) is 1.31. The summed E-state index contributed by atoms with van der Waals surface area (Å²) in [5.74, 6) is -0.627. The third-order valence-corrected chi connectivity index (χ3v) is 4.31. The number of methoxy groups -OCH3 is 1. The Morgan fingerprint density at radius 2 is 1.77 bits per heavy atom. The number of amides is 2. The van der Waals surface area contributed by atoms with Crippen molar-refractivity contribution in [2.24, 2.45) is 0 Å². The van der Waals surface area contributed by atoms with E-state index in [1.807, 2.05) is 12.1 Å². The van der Waals surface area contributed by atoms with Crippen LogP contribution in [0.25, 0.3) is 0 Å². The highest BCUT2D eigenvalue weighted by molar-refractivity contribution is 6.05. The minimum atomic E-state index is -0.448. The van der Waals surface area contributed by atoms with Gasteiger partial charge in [-0.25, -0.2) is 4.79 Å². The van der Waals surface area contributed by atoms with E-state index in [2.05, 4.69) is 10.1 Å². The van der Waals surface area contributed by atoms with Crippen molar-refractivity contribution in [3.05, 3.63) is 59.7 Å². The summed E-state index contributed by atoms with van der Waals surface area (Å²) in [6, 6.07) is 13.5. The Morgan fingerprint density at radius 3 is 2.46 bits per heavy atom. The van der Waals surface area contributed by atoms with Crippen LogP contribution in [0.1, 0.15) is 40.0 Å². The van der Waals surface area contributed by atoms with Gasteiger partial charge in [-0.3, -0.25) is 9.59 Å². The summed E-state index contributed by atoms with van der Waals surface area (Å²) in [5, 5.41) is 2.82. The summed E-state index contributed by atoms with van der Waals surface area (Å²) in [6.07, 6.45) is 2.46. The van der Waals surface area contributed by atoms with E-state index in [1.54, 1.807) is 41.3 Å². The lowest BCUT2D eigenvalue weighted by Gasteiger charge is -2.27. The van der Waals surface area contributed by atoms with Crippen LogP contribution in [0.15, 0.2) is 48.5 Å². The highest BCUT2D eigenvalue weighted by Crippen LogP contribution is 2.24. The van der Waals surface area contributed by atoms with Gasteiger partial charge in [0.05, 0.1) is 12.7 Å². The standard InChI is InChI=1S/C20H20N2O4/c1-26-20(25)15-10-8-14(9-11-15)19(24)21-16-5-4-6-17(13-16)22-12-3-2-7-18(22)23/h4-6,8-11,13H,2-3,7,12H2,1H3,(H,21,24). The number of anilines is 2. The van der Waals surface area contributed by atoms with E-state index >= 15 is 0 Å². The Bertz CT molecular complexity index is 830. The molecule has 1 heterocycles. The van der Waals surface area contributed by atoms with Crippen LogP contribution in [-0.2, 0) is 9.53 Å². The number of hydrogen-bond acceptors (Lipinski definition) is 4. The van der Waals surface area contributed by atoms with Crippen molar-refractivity contribution in [1.29, 1.82) is 0 Å². The molecule has 2 aromatic carbocycles. The SMILES string of the molecule is COC(=O)c1ccc(C(=O)Nc2cccc(N3CCCCC3=O)c2)cc1. The Kier molecular flexibility index (Phi) is 5.31. The minimum Gasteiger partial charge on any atom is -0.465 e. The molecule has 2 amide bonds. The molecule has 0 aliphatic carbocycles. The van der Waals surface area contributed by atoms with Crippen molar-refractivity contribution in [2.45, 2.75) is 19.3 Å². The molecule has 2 aromatic rings. The molecule has 0 bridgehead atoms. The van der Waals surface area contributed by atoms with Crippen LogP contribution in [0.3, 0.4) is 0 Å². The van der Waals surface area contributed by atoms with Gasteiger partial charge >= 0.3 is 5.97 Å². The third-order valence-electron chi connectivity index (χ3n) is 4.31. The second-order valence-corrected chi connectivity index (χ2v) is 6.08. The number of ether oxygens (including phenoxy) is 1. The first kappa shape index (κ1) is 17.7. The van der Waals surface area contributed by atoms with Crippen molar-refractivity contribution < 1.29 is 19.1 Å². The number of rotatable bonds is 4. The zero-order valence-electron chi connectivity index (χ0n) is 14.5. The van der Waals surface area contributed by atoms with Crippen LogP contribution in [0, 0.1) is 0 Å². The molecule has 0 unspecified atom stereocenters. The maximum Gasteiger partial charge on any atom is 0.337 e. The summed E-state index contributed by atoms with van der Waals surface area (Å²) in [4.78, 5) is 37.7. The molecule has 1 fully saturated rings. The minimum absolute atomic E-state index is 0.109. The van der Waals surface area contributed by atoms with E-state index in [-0.39, 0.29) is 11.8 Å². The van der Waals surface area contributed by atoms with Crippen LogP contribution in [0.2, 0.25) is 0 Å². The van der Waals surface area contributed by atoms with Gasteiger partial charge in [-0.2, -0.15) is 0 Å². The summed E-state index contributed by atoms with van der Waals surface area (Å²) < 4.78 is 4.64. The number of hydrogen-bond donors (Lipinski definition) is 1. The van der Waals surface area contributed by atoms with Crippen molar-refractivity contribution in [3.8, 4) is 0 Å². The van der Waals surface area contributed by atoms with Gasteiger partial charge in [0.1, 0.15) is 0 Å². The quantitative estimate of drug-likeness (QED) is 0.857. The first-order chi connectivity index (χ1) is 12.6. The molecule has 6 heteroatoms. The lowest BCUT2D eigenvalue weighted by atomic mass is 10.1. The monoisotopic (exact) mass is 352 g/mol. The molecular weight excluding hydrogens is 332 g/mol. The molecule has 0 spiro atoms. The van der Waals surface area contributed by atoms with E-state index in [9.17, 15) is 14.4 Å². The highest BCUT2D eigenvalue weighted by atomic mass is 16.5. The van der Waals surface area contributed by atoms with Crippen molar-refractivity contribution in [1.82, 2.24) is 0 Å². The maximum absolute atomic E-state index is 12.4. The molecule has 1 saturated heterocycles. The van der Waals surface area contributed by atoms with Crippen LogP contribution in [0.5, 0.6) is 0 Å². The predicted octanol–water partition coefficient (Wildman–Crippen LogP) is 3.24. The van der Waals surface area contributed by atoms with Gasteiger partial charge in [-0.05, 0) is 55.3 Å². The molecule has 3 rings (SSSR count). The Labute approximate surface area is 151 Å². The molecule has 1 aliphatic heterocycles. The number of esters is 1. The molecule has 1 N–H and O–H groups in total. The number of nitrogens with one attached hydrogen (secondary N) is 1. The van der Waals surface area contributed by atoms with Crippen LogP contribution < -0.4 is 10.2 Å². The van der Waals surface area contributed by atoms with Gasteiger partial charge in [0, 0.05) is 29.9 Å². The molecule has 134 valence electrons. The molecule has 6 nitrogen and oxygen atoms in total. The van der Waals surface area contributed by atoms with E-state index in [4.69, 9.17) is 0 Å². The smallest absolute Gasteiger partial charge is 0.337 e. The molecule has 26 heavy (non-hydrogen) atoms. The van der Waals surface area contributed by atoms with Crippen LogP contribution >= 0.6 is 0 Å². The number of piperidine rings is 1. The number of carbonyl (C=O) groups is 3. The lowest BCUT2D eigenvalue weighted by Crippen LogP contribution is -2.35. The van der Waals surface area contributed by atoms with E-state index < -0.39 is 5.97 Å². The largest absolute Gasteiger partial charge is 0.465 e. The Hall–Kier alpha value is -3.15. The van der Waals surface area contributed by atoms with Crippen molar-refractivity contribution in [3.63, 3.8) is 0 Å². The molecule has 0 radical (unpaired) electrons. The zero-order chi connectivity index (χ0) is 18.5. The summed E-state index contributed by atoms with van der Waals surface area (Å²) >= 11 is 0. The average Bonchev–Trinajstić information content (AvgIpc) is 2.68. The van der Waals surface area contributed by atoms with Crippen molar-refractivity contribution >= 4 is 29.2 Å².